The van der Waals surface area contributed by atoms with E-state index in [1.807, 2.05) is 6.07 Å². The minimum absolute atomic E-state index is 0.386. The lowest BCUT2D eigenvalue weighted by Gasteiger charge is -2.30. The van der Waals surface area contributed by atoms with Crippen molar-refractivity contribution in [3.63, 3.8) is 0 Å². The van der Waals surface area contributed by atoms with Gasteiger partial charge in [0, 0.05) is 24.8 Å². The van der Waals surface area contributed by atoms with E-state index in [1.165, 1.54) is 19.3 Å². The van der Waals surface area contributed by atoms with Crippen LogP contribution in [0.4, 0.5) is 11.5 Å². The van der Waals surface area contributed by atoms with E-state index in [0.717, 1.165) is 24.8 Å². The van der Waals surface area contributed by atoms with E-state index in [1.54, 1.807) is 6.07 Å². The number of hydrogen-bond acceptors (Lipinski definition) is 3. The molecule has 2 heterocycles. The maximum absolute atomic E-state index is 5.99. The Balaban J connectivity index is 2.11. The number of pyridine rings is 1. The van der Waals surface area contributed by atoms with Crippen molar-refractivity contribution < 1.29 is 0 Å². The summed E-state index contributed by atoms with van der Waals surface area (Å²) in [6, 6.07) is 3.62. The van der Waals surface area contributed by atoms with E-state index in [-0.39, 0.29) is 0 Å². The van der Waals surface area contributed by atoms with Gasteiger partial charge in [-0.15, -0.1) is 0 Å². The number of nitrogen functional groups attached to an aromatic ring is 1. The van der Waals surface area contributed by atoms with Gasteiger partial charge in [-0.25, -0.2) is 4.98 Å². The van der Waals surface area contributed by atoms with Crippen LogP contribution in [0.15, 0.2) is 12.1 Å². The van der Waals surface area contributed by atoms with Crippen molar-refractivity contribution in [1.82, 2.24) is 4.98 Å². The summed E-state index contributed by atoms with van der Waals surface area (Å²) in [6.45, 7) is 9.09. The molecule has 0 aromatic carbocycles. The molecule has 0 radical (unpaired) electrons. The maximum atomic E-state index is 5.99. The Morgan fingerprint density at radius 1 is 1.26 bits per heavy atom. The zero-order valence-electron chi connectivity index (χ0n) is 12.1. The second-order valence-corrected chi connectivity index (χ2v) is 6.95. The van der Waals surface area contributed by atoms with Gasteiger partial charge in [0.05, 0.1) is 0 Å². The first-order valence-electron chi connectivity index (χ1n) is 7.04. The minimum atomic E-state index is 0.386. The van der Waals surface area contributed by atoms with Crippen LogP contribution in [0.3, 0.4) is 0 Å². The third kappa shape index (κ3) is 3.75. The van der Waals surface area contributed by atoms with Crippen LogP contribution in [-0.2, 0) is 0 Å². The van der Waals surface area contributed by atoms with Crippen LogP contribution in [0.2, 0.25) is 5.15 Å². The molecule has 1 aliphatic rings. The van der Waals surface area contributed by atoms with Gasteiger partial charge in [0.2, 0.25) is 0 Å². The normalized spacial score (nSPS) is 21.3. The summed E-state index contributed by atoms with van der Waals surface area (Å²) in [5.41, 5.74) is 6.92. The molecule has 0 bridgehead atoms. The third-order valence-electron chi connectivity index (χ3n) is 4.08. The first kappa shape index (κ1) is 14.4. The molecule has 3 nitrogen and oxygen atoms in total. The second-order valence-electron chi connectivity index (χ2n) is 6.56. The van der Waals surface area contributed by atoms with E-state index in [0.29, 0.717) is 16.3 Å². The molecule has 1 fully saturated rings. The van der Waals surface area contributed by atoms with E-state index in [4.69, 9.17) is 17.3 Å². The van der Waals surface area contributed by atoms with Crippen molar-refractivity contribution in [1.29, 1.82) is 0 Å². The molecular weight excluding hydrogens is 258 g/mol. The summed E-state index contributed by atoms with van der Waals surface area (Å²) in [4.78, 5) is 6.71. The molecule has 1 atom stereocenters. The number of nitrogens with zero attached hydrogens (tertiary/aromatic N) is 2. The Kier molecular flexibility index (Phi) is 4.24. The first-order chi connectivity index (χ1) is 8.86. The fourth-order valence-corrected chi connectivity index (χ4v) is 3.07. The van der Waals surface area contributed by atoms with E-state index in [9.17, 15) is 0 Å². The summed E-state index contributed by atoms with van der Waals surface area (Å²) in [7, 11) is 0. The summed E-state index contributed by atoms with van der Waals surface area (Å²) in [5, 5.41) is 0.478. The molecule has 0 saturated carbocycles. The lowest BCUT2D eigenvalue weighted by Crippen LogP contribution is -2.26. The molecule has 1 unspecified atom stereocenters. The van der Waals surface area contributed by atoms with Crippen molar-refractivity contribution >= 4 is 23.1 Å². The number of nitrogens with two attached hydrogens (primary N) is 1. The molecular formula is C15H24ClN3. The van der Waals surface area contributed by atoms with Gasteiger partial charge in [-0.1, -0.05) is 32.4 Å². The molecule has 1 aromatic heterocycles. The Hall–Kier alpha value is -0.960. The molecule has 0 spiro atoms. The lowest BCUT2D eigenvalue weighted by molar-refractivity contribution is 0.220. The van der Waals surface area contributed by atoms with E-state index < -0.39 is 0 Å². The van der Waals surface area contributed by atoms with Crippen LogP contribution in [0.1, 0.15) is 40.0 Å². The predicted octanol–water partition coefficient (Wildman–Crippen LogP) is 3.97. The van der Waals surface area contributed by atoms with Crippen molar-refractivity contribution in [2.24, 2.45) is 11.3 Å². The highest BCUT2D eigenvalue weighted by atomic mass is 35.5. The Morgan fingerprint density at radius 2 is 2.00 bits per heavy atom. The van der Waals surface area contributed by atoms with E-state index >= 15 is 0 Å². The minimum Gasteiger partial charge on any atom is -0.399 e. The predicted molar refractivity (Wildman–Crippen MR) is 82.7 cm³/mol. The van der Waals surface area contributed by atoms with Crippen LogP contribution in [0, 0.1) is 11.3 Å². The van der Waals surface area contributed by atoms with Gasteiger partial charge in [0.1, 0.15) is 11.0 Å². The average molecular weight is 282 g/mol. The maximum Gasteiger partial charge on any atom is 0.133 e. The smallest absolute Gasteiger partial charge is 0.133 e. The van der Waals surface area contributed by atoms with E-state index in [2.05, 4.69) is 30.7 Å². The SMILES string of the molecule is CC(C)(C)C1CCCN(c2cc(N)cc(Cl)n2)CC1. The summed E-state index contributed by atoms with van der Waals surface area (Å²) in [5.74, 6) is 1.69. The van der Waals surface area contributed by atoms with Crippen molar-refractivity contribution in [2.75, 3.05) is 23.7 Å². The molecule has 2 rings (SSSR count). The Morgan fingerprint density at radius 3 is 2.63 bits per heavy atom. The van der Waals surface area contributed by atoms with Crippen LogP contribution in [0.5, 0.6) is 0 Å². The molecule has 1 aromatic rings. The summed E-state index contributed by atoms with van der Waals surface area (Å²) in [6.07, 6.45) is 3.70. The number of aromatic nitrogens is 1. The summed E-state index contributed by atoms with van der Waals surface area (Å²) >= 11 is 5.99. The molecule has 4 heteroatoms. The van der Waals surface area contributed by atoms with Gasteiger partial charge in [0.25, 0.3) is 0 Å². The molecule has 0 aliphatic carbocycles. The van der Waals surface area contributed by atoms with Crippen molar-refractivity contribution in [3.8, 4) is 0 Å². The van der Waals surface area contributed by atoms with Crippen LogP contribution in [0.25, 0.3) is 0 Å². The Bertz CT molecular complexity index is 419. The molecule has 2 N–H and O–H groups in total. The first-order valence-corrected chi connectivity index (χ1v) is 7.42. The number of anilines is 2. The monoisotopic (exact) mass is 281 g/mol. The quantitative estimate of drug-likeness (QED) is 0.792. The van der Waals surface area contributed by atoms with Gasteiger partial charge in [-0.05, 0) is 36.7 Å². The fourth-order valence-electron chi connectivity index (χ4n) is 2.86. The highest BCUT2D eigenvalue weighted by Crippen LogP contribution is 2.35. The van der Waals surface area contributed by atoms with Gasteiger partial charge < -0.3 is 10.6 Å². The van der Waals surface area contributed by atoms with Gasteiger partial charge in [-0.3, -0.25) is 0 Å². The molecule has 106 valence electrons. The van der Waals surface area contributed by atoms with Gasteiger partial charge >= 0.3 is 0 Å². The average Bonchev–Trinajstić information content (AvgIpc) is 2.52. The number of rotatable bonds is 1. The Labute approximate surface area is 121 Å². The van der Waals surface area contributed by atoms with Crippen LogP contribution in [-0.4, -0.2) is 18.1 Å². The molecule has 1 saturated heterocycles. The zero-order chi connectivity index (χ0) is 14.0. The summed E-state index contributed by atoms with van der Waals surface area (Å²) < 4.78 is 0. The number of hydrogen-bond donors (Lipinski definition) is 1. The highest BCUT2D eigenvalue weighted by Gasteiger charge is 2.27. The molecule has 19 heavy (non-hydrogen) atoms. The van der Waals surface area contributed by atoms with Crippen molar-refractivity contribution in [3.05, 3.63) is 17.3 Å². The van der Waals surface area contributed by atoms with Crippen molar-refractivity contribution in [2.45, 2.75) is 40.0 Å². The standard InChI is InChI=1S/C15H24ClN3/c1-15(2,3)11-5-4-7-19(8-6-11)14-10-12(17)9-13(16)18-14/h9-11H,4-8H2,1-3H3,(H2,17,18). The lowest BCUT2D eigenvalue weighted by atomic mass is 9.77. The van der Waals surface area contributed by atoms with Gasteiger partial charge in [0.15, 0.2) is 0 Å². The fraction of sp³-hybridized carbons (Fsp3) is 0.667. The molecule has 0 amide bonds. The topological polar surface area (TPSA) is 42.1 Å². The molecule has 1 aliphatic heterocycles. The van der Waals surface area contributed by atoms with Gasteiger partial charge in [-0.2, -0.15) is 0 Å². The van der Waals surface area contributed by atoms with Crippen LogP contribution < -0.4 is 10.6 Å². The third-order valence-corrected chi connectivity index (χ3v) is 4.27. The highest BCUT2D eigenvalue weighted by molar-refractivity contribution is 6.29. The zero-order valence-corrected chi connectivity index (χ0v) is 12.9. The number of halogens is 1. The largest absolute Gasteiger partial charge is 0.399 e. The van der Waals surface area contributed by atoms with Crippen LogP contribution >= 0.6 is 11.6 Å². The second kappa shape index (κ2) is 5.58.